The Bertz CT molecular complexity index is 1160. The van der Waals surface area contributed by atoms with E-state index < -0.39 is 0 Å². The summed E-state index contributed by atoms with van der Waals surface area (Å²) in [5, 5.41) is 27.0. The Morgan fingerprint density at radius 1 is 1.20 bits per heavy atom. The molecule has 10 heteroatoms. The molecule has 0 saturated carbocycles. The van der Waals surface area contributed by atoms with Crippen molar-refractivity contribution in [2.45, 2.75) is 19.4 Å². The van der Waals surface area contributed by atoms with Gasteiger partial charge in [0.2, 0.25) is 5.95 Å². The highest BCUT2D eigenvalue weighted by molar-refractivity contribution is 5.66. The topological polar surface area (TPSA) is 130 Å². The normalized spacial score (nSPS) is 11.6. The van der Waals surface area contributed by atoms with E-state index in [-0.39, 0.29) is 6.10 Å². The van der Waals surface area contributed by atoms with Gasteiger partial charge in [-0.15, -0.1) is 0 Å². The second kappa shape index (κ2) is 8.40. The van der Waals surface area contributed by atoms with Crippen LogP contribution in [0.3, 0.4) is 0 Å². The Hall–Kier alpha value is -4.26. The molecule has 4 aromatic rings. The van der Waals surface area contributed by atoms with E-state index in [2.05, 4.69) is 41.9 Å². The van der Waals surface area contributed by atoms with E-state index >= 15 is 0 Å². The number of nitrogens with zero attached hydrogens (tertiary/aromatic N) is 7. The van der Waals surface area contributed by atoms with Crippen LogP contribution in [0, 0.1) is 11.3 Å². The number of nitrogens with one attached hydrogen (secondary N) is 2. The molecule has 1 atom stereocenters. The standard InChI is InChI=1S/C20H19N9O/c1-13(5-17-10-24-28-27-17)30-19-6-14(3-4-15(19)7-21)16-8-22-20(23-9-16)26-18-11-25-29(2)12-18/h3-4,6,8-13H,5H2,1-2H3,(H,22,23,26)(H,24,27,28). The average Bonchev–Trinajstić information content (AvgIpc) is 3.40. The van der Waals surface area contributed by atoms with Gasteiger partial charge in [-0.3, -0.25) is 4.68 Å². The molecule has 0 saturated heterocycles. The molecular formula is C20H19N9O. The van der Waals surface area contributed by atoms with Crippen LogP contribution < -0.4 is 10.1 Å². The van der Waals surface area contributed by atoms with E-state index in [9.17, 15) is 5.26 Å². The van der Waals surface area contributed by atoms with Gasteiger partial charge in [-0.1, -0.05) is 6.07 Å². The number of aromatic nitrogens is 7. The summed E-state index contributed by atoms with van der Waals surface area (Å²) in [6, 6.07) is 7.57. The summed E-state index contributed by atoms with van der Waals surface area (Å²) in [7, 11) is 1.84. The highest BCUT2D eigenvalue weighted by Crippen LogP contribution is 2.28. The molecule has 0 fully saturated rings. The Morgan fingerprint density at radius 3 is 2.70 bits per heavy atom. The van der Waals surface area contributed by atoms with Crippen molar-refractivity contribution < 1.29 is 4.74 Å². The molecule has 30 heavy (non-hydrogen) atoms. The first-order valence-corrected chi connectivity index (χ1v) is 9.24. The lowest BCUT2D eigenvalue weighted by Crippen LogP contribution is -2.16. The fourth-order valence-corrected chi connectivity index (χ4v) is 2.92. The second-order valence-electron chi connectivity index (χ2n) is 6.74. The van der Waals surface area contributed by atoms with E-state index in [1.54, 1.807) is 35.5 Å². The van der Waals surface area contributed by atoms with Gasteiger partial charge in [-0.2, -0.15) is 25.8 Å². The van der Waals surface area contributed by atoms with Crippen LogP contribution in [0.1, 0.15) is 18.2 Å². The lowest BCUT2D eigenvalue weighted by molar-refractivity contribution is 0.220. The summed E-state index contributed by atoms with van der Waals surface area (Å²) in [4.78, 5) is 8.72. The molecular weight excluding hydrogens is 382 g/mol. The Labute approximate surface area is 172 Å². The van der Waals surface area contributed by atoms with Crippen LogP contribution in [0.2, 0.25) is 0 Å². The molecule has 3 aromatic heterocycles. The van der Waals surface area contributed by atoms with Gasteiger partial charge in [-0.05, 0) is 24.6 Å². The maximum atomic E-state index is 9.43. The first-order valence-electron chi connectivity index (χ1n) is 9.24. The number of aromatic amines is 1. The molecule has 10 nitrogen and oxygen atoms in total. The number of nitriles is 1. The predicted octanol–water partition coefficient (Wildman–Crippen LogP) is 2.62. The monoisotopic (exact) mass is 401 g/mol. The van der Waals surface area contributed by atoms with Gasteiger partial charge < -0.3 is 10.1 Å². The van der Waals surface area contributed by atoms with Gasteiger partial charge in [0, 0.05) is 37.6 Å². The van der Waals surface area contributed by atoms with Gasteiger partial charge in [0.25, 0.3) is 0 Å². The Kier molecular flexibility index (Phi) is 5.34. The minimum atomic E-state index is -0.181. The summed E-state index contributed by atoms with van der Waals surface area (Å²) in [6.07, 6.45) is 9.01. The summed E-state index contributed by atoms with van der Waals surface area (Å²) in [6.45, 7) is 1.92. The van der Waals surface area contributed by atoms with E-state index in [0.29, 0.717) is 23.7 Å². The number of hydrogen-bond donors (Lipinski definition) is 2. The zero-order chi connectivity index (χ0) is 20.9. The molecule has 2 N–H and O–H groups in total. The molecule has 0 aliphatic heterocycles. The zero-order valence-electron chi connectivity index (χ0n) is 16.4. The quantitative estimate of drug-likeness (QED) is 0.483. The fraction of sp³-hybridized carbons (Fsp3) is 0.200. The molecule has 150 valence electrons. The number of H-pyrrole nitrogens is 1. The molecule has 1 unspecified atom stereocenters. The van der Waals surface area contributed by atoms with Crippen molar-refractivity contribution in [1.82, 2.24) is 35.2 Å². The molecule has 1 aromatic carbocycles. The minimum Gasteiger partial charge on any atom is -0.489 e. The van der Waals surface area contributed by atoms with Crippen molar-refractivity contribution in [3.05, 3.63) is 60.4 Å². The molecule has 0 amide bonds. The molecule has 0 radical (unpaired) electrons. The molecule has 4 rings (SSSR count). The number of benzene rings is 1. The lowest BCUT2D eigenvalue weighted by atomic mass is 10.1. The lowest BCUT2D eigenvalue weighted by Gasteiger charge is -2.15. The van der Waals surface area contributed by atoms with Gasteiger partial charge in [0.1, 0.15) is 17.9 Å². The van der Waals surface area contributed by atoms with Crippen LogP contribution in [-0.4, -0.2) is 41.3 Å². The van der Waals surface area contributed by atoms with Crippen LogP contribution in [-0.2, 0) is 13.5 Å². The second-order valence-corrected chi connectivity index (χ2v) is 6.74. The third-order valence-electron chi connectivity index (χ3n) is 4.34. The van der Waals surface area contributed by atoms with Crippen LogP contribution >= 0.6 is 0 Å². The van der Waals surface area contributed by atoms with Crippen molar-refractivity contribution in [3.8, 4) is 22.9 Å². The smallest absolute Gasteiger partial charge is 0.227 e. The van der Waals surface area contributed by atoms with E-state index in [4.69, 9.17) is 4.74 Å². The predicted molar refractivity (Wildman–Crippen MR) is 109 cm³/mol. The van der Waals surface area contributed by atoms with Gasteiger partial charge in [0.15, 0.2) is 0 Å². The van der Waals surface area contributed by atoms with Crippen molar-refractivity contribution in [2.75, 3.05) is 5.32 Å². The van der Waals surface area contributed by atoms with Crippen molar-refractivity contribution in [2.24, 2.45) is 7.05 Å². The first-order chi connectivity index (χ1) is 14.6. The van der Waals surface area contributed by atoms with Crippen molar-refractivity contribution >= 4 is 11.6 Å². The summed E-state index contributed by atoms with van der Waals surface area (Å²) in [5.41, 5.74) is 3.72. The maximum Gasteiger partial charge on any atom is 0.227 e. The van der Waals surface area contributed by atoms with Crippen molar-refractivity contribution in [3.63, 3.8) is 0 Å². The SMILES string of the molecule is CC(Cc1cn[nH]n1)Oc1cc(-c2cnc(Nc3cnn(C)c3)nc2)ccc1C#N. The average molecular weight is 401 g/mol. The van der Waals surface area contributed by atoms with E-state index in [1.165, 1.54) is 0 Å². The van der Waals surface area contributed by atoms with E-state index in [0.717, 1.165) is 22.5 Å². The van der Waals surface area contributed by atoms with Crippen LogP contribution in [0.25, 0.3) is 11.1 Å². The first kappa shape index (κ1) is 19.1. The van der Waals surface area contributed by atoms with Crippen molar-refractivity contribution in [1.29, 1.82) is 5.26 Å². The van der Waals surface area contributed by atoms with Gasteiger partial charge in [-0.25, -0.2) is 9.97 Å². The Balaban J connectivity index is 1.51. The van der Waals surface area contributed by atoms with Crippen LogP contribution in [0.15, 0.2) is 49.2 Å². The zero-order valence-corrected chi connectivity index (χ0v) is 16.4. The van der Waals surface area contributed by atoms with Gasteiger partial charge >= 0.3 is 0 Å². The Morgan fingerprint density at radius 2 is 2.03 bits per heavy atom. The summed E-state index contributed by atoms with van der Waals surface area (Å²) in [5.74, 6) is 0.974. The number of rotatable bonds is 7. The summed E-state index contributed by atoms with van der Waals surface area (Å²) >= 11 is 0. The van der Waals surface area contributed by atoms with Gasteiger partial charge in [0.05, 0.1) is 29.3 Å². The minimum absolute atomic E-state index is 0.181. The molecule has 3 heterocycles. The third-order valence-corrected chi connectivity index (χ3v) is 4.34. The third kappa shape index (κ3) is 4.41. The fourth-order valence-electron chi connectivity index (χ4n) is 2.92. The molecule has 0 spiro atoms. The maximum absolute atomic E-state index is 9.43. The molecule has 0 aliphatic carbocycles. The number of ether oxygens (including phenoxy) is 1. The van der Waals surface area contributed by atoms with Crippen LogP contribution in [0.4, 0.5) is 11.6 Å². The molecule has 0 aliphatic rings. The number of aryl methyl sites for hydroxylation is 1. The summed E-state index contributed by atoms with van der Waals surface area (Å²) < 4.78 is 7.70. The molecule has 0 bridgehead atoms. The van der Waals surface area contributed by atoms with Crippen LogP contribution in [0.5, 0.6) is 5.75 Å². The van der Waals surface area contributed by atoms with E-state index in [1.807, 2.05) is 32.3 Å². The largest absolute Gasteiger partial charge is 0.489 e. The number of hydrogen-bond acceptors (Lipinski definition) is 8. The highest BCUT2D eigenvalue weighted by Gasteiger charge is 2.13. The highest BCUT2D eigenvalue weighted by atomic mass is 16.5. The number of anilines is 2.